The van der Waals surface area contributed by atoms with Gasteiger partial charge in [0.2, 0.25) is 0 Å². The average molecular weight is 241 g/mol. The molecule has 0 spiro atoms. The van der Waals surface area contributed by atoms with Crippen molar-refractivity contribution in [3.05, 3.63) is 11.9 Å². The Balaban J connectivity index is 2.42. The maximum atomic E-state index is 11.3. The summed E-state index contributed by atoms with van der Waals surface area (Å²) in [4.78, 5) is 11.3. The van der Waals surface area contributed by atoms with Gasteiger partial charge in [0.15, 0.2) is 5.69 Å². The van der Waals surface area contributed by atoms with E-state index in [-0.39, 0.29) is 5.69 Å². The molecule has 0 saturated carbocycles. The van der Waals surface area contributed by atoms with Crippen molar-refractivity contribution in [2.45, 2.75) is 26.3 Å². The third kappa shape index (κ3) is 4.07. The van der Waals surface area contributed by atoms with Crippen LogP contribution < -0.4 is 5.73 Å². The first-order valence-electron chi connectivity index (χ1n) is 5.68. The molecule has 0 amide bonds. The highest BCUT2D eigenvalue weighted by molar-refractivity contribution is 5.92. The Kier molecular flexibility index (Phi) is 5.48. The standard InChI is InChI=1S/C11H19N3O3/c1-3-4-6-17-7-5-14-8-9(12)10(13-14)11(15)16-2/h8H,3-7,12H2,1-2H3. The molecule has 6 heteroatoms. The van der Waals surface area contributed by atoms with Crippen LogP contribution in [0.4, 0.5) is 5.69 Å². The Bertz CT molecular complexity index is 363. The molecule has 0 aliphatic rings. The molecule has 0 aromatic carbocycles. The van der Waals surface area contributed by atoms with Gasteiger partial charge < -0.3 is 15.2 Å². The van der Waals surface area contributed by atoms with Gasteiger partial charge in [-0.05, 0) is 6.42 Å². The molecule has 0 fully saturated rings. The number of hydrogen-bond acceptors (Lipinski definition) is 5. The maximum absolute atomic E-state index is 11.3. The molecule has 1 heterocycles. The van der Waals surface area contributed by atoms with Gasteiger partial charge in [0.1, 0.15) is 0 Å². The van der Waals surface area contributed by atoms with Crippen molar-refractivity contribution in [3.8, 4) is 0 Å². The maximum Gasteiger partial charge on any atom is 0.360 e. The van der Waals surface area contributed by atoms with Crippen molar-refractivity contribution < 1.29 is 14.3 Å². The summed E-state index contributed by atoms with van der Waals surface area (Å²) in [6.45, 7) is 3.99. The molecular formula is C11H19N3O3. The number of aromatic nitrogens is 2. The molecule has 0 bridgehead atoms. The molecule has 6 nitrogen and oxygen atoms in total. The lowest BCUT2D eigenvalue weighted by atomic mass is 10.4. The Morgan fingerprint density at radius 2 is 2.29 bits per heavy atom. The van der Waals surface area contributed by atoms with Crippen LogP contribution in [-0.2, 0) is 16.0 Å². The third-order valence-electron chi connectivity index (χ3n) is 2.28. The second-order valence-corrected chi connectivity index (χ2v) is 3.65. The summed E-state index contributed by atoms with van der Waals surface area (Å²) in [7, 11) is 1.30. The number of nitrogens with two attached hydrogens (primary N) is 1. The lowest BCUT2D eigenvalue weighted by Gasteiger charge is -2.03. The molecule has 96 valence electrons. The monoisotopic (exact) mass is 241 g/mol. The highest BCUT2D eigenvalue weighted by atomic mass is 16.5. The normalized spacial score (nSPS) is 10.5. The largest absolute Gasteiger partial charge is 0.464 e. The van der Waals surface area contributed by atoms with E-state index in [1.165, 1.54) is 7.11 Å². The minimum absolute atomic E-state index is 0.154. The van der Waals surface area contributed by atoms with Crippen LogP contribution in [-0.4, -0.2) is 36.1 Å². The van der Waals surface area contributed by atoms with Gasteiger partial charge >= 0.3 is 5.97 Å². The summed E-state index contributed by atoms with van der Waals surface area (Å²) >= 11 is 0. The van der Waals surface area contributed by atoms with E-state index in [9.17, 15) is 4.79 Å². The van der Waals surface area contributed by atoms with E-state index < -0.39 is 5.97 Å². The molecule has 17 heavy (non-hydrogen) atoms. The van der Waals surface area contributed by atoms with E-state index in [0.717, 1.165) is 19.4 Å². The summed E-state index contributed by atoms with van der Waals surface area (Å²) in [5.74, 6) is -0.520. The fraction of sp³-hybridized carbons (Fsp3) is 0.636. The molecule has 0 unspecified atom stereocenters. The number of unbranched alkanes of at least 4 members (excludes halogenated alkanes) is 1. The van der Waals surface area contributed by atoms with Gasteiger partial charge in [-0.25, -0.2) is 4.79 Å². The number of hydrogen-bond donors (Lipinski definition) is 1. The Morgan fingerprint density at radius 1 is 1.53 bits per heavy atom. The number of esters is 1. The van der Waals surface area contributed by atoms with Crippen LogP contribution in [0.5, 0.6) is 0 Å². The number of carbonyl (C=O) groups is 1. The predicted molar refractivity (Wildman–Crippen MR) is 63.7 cm³/mol. The number of nitrogens with zero attached hydrogens (tertiary/aromatic N) is 2. The Morgan fingerprint density at radius 3 is 2.94 bits per heavy atom. The van der Waals surface area contributed by atoms with E-state index in [1.54, 1.807) is 10.9 Å². The zero-order valence-electron chi connectivity index (χ0n) is 10.3. The summed E-state index contributed by atoms with van der Waals surface area (Å²) in [6, 6.07) is 0. The van der Waals surface area contributed by atoms with E-state index in [0.29, 0.717) is 18.8 Å². The highest BCUT2D eigenvalue weighted by Crippen LogP contribution is 2.09. The molecule has 0 aliphatic heterocycles. The number of ether oxygens (including phenoxy) is 2. The van der Waals surface area contributed by atoms with Crippen LogP contribution in [0.15, 0.2) is 6.20 Å². The topological polar surface area (TPSA) is 79.4 Å². The molecular weight excluding hydrogens is 222 g/mol. The molecule has 1 aromatic rings. The van der Waals surface area contributed by atoms with E-state index in [1.807, 2.05) is 0 Å². The van der Waals surface area contributed by atoms with Crippen LogP contribution in [0.25, 0.3) is 0 Å². The van der Waals surface area contributed by atoms with Gasteiger partial charge in [0.05, 0.1) is 25.9 Å². The van der Waals surface area contributed by atoms with Crippen LogP contribution in [0.2, 0.25) is 0 Å². The van der Waals surface area contributed by atoms with Gasteiger partial charge in [0.25, 0.3) is 0 Å². The van der Waals surface area contributed by atoms with Gasteiger partial charge in [-0.15, -0.1) is 0 Å². The van der Waals surface area contributed by atoms with Crippen LogP contribution in [0, 0.1) is 0 Å². The average Bonchev–Trinajstić information content (AvgIpc) is 2.69. The summed E-state index contributed by atoms with van der Waals surface area (Å²) < 4.78 is 11.5. The molecule has 2 N–H and O–H groups in total. The molecule has 1 aromatic heterocycles. The van der Waals surface area contributed by atoms with Crippen molar-refractivity contribution in [2.24, 2.45) is 0 Å². The molecule has 1 rings (SSSR count). The van der Waals surface area contributed by atoms with E-state index >= 15 is 0 Å². The Hall–Kier alpha value is -1.56. The zero-order chi connectivity index (χ0) is 12.7. The Labute approximate surface area is 101 Å². The van der Waals surface area contributed by atoms with Crippen LogP contribution in [0.3, 0.4) is 0 Å². The van der Waals surface area contributed by atoms with Gasteiger partial charge in [-0.2, -0.15) is 5.10 Å². The number of rotatable bonds is 7. The van der Waals surface area contributed by atoms with Gasteiger partial charge in [0, 0.05) is 12.8 Å². The number of anilines is 1. The predicted octanol–water partition coefficient (Wildman–Crippen LogP) is 1.07. The highest BCUT2D eigenvalue weighted by Gasteiger charge is 2.14. The molecule has 0 saturated heterocycles. The van der Waals surface area contributed by atoms with Crippen molar-refractivity contribution in [1.29, 1.82) is 0 Å². The summed E-state index contributed by atoms with van der Waals surface area (Å²) in [5.41, 5.74) is 6.12. The molecule has 0 atom stereocenters. The number of nitrogen functional groups attached to an aromatic ring is 1. The van der Waals surface area contributed by atoms with Crippen molar-refractivity contribution in [1.82, 2.24) is 9.78 Å². The van der Waals surface area contributed by atoms with Crippen molar-refractivity contribution in [3.63, 3.8) is 0 Å². The lowest BCUT2D eigenvalue weighted by molar-refractivity contribution is 0.0593. The fourth-order valence-electron chi connectivity index (χ4n) is 1.31. The van der Waals surface area contributed by atoms with Crippen molar-refractivity contribution >= 4 is 11.7 Å². The SMILES string of the molecule is CCCCOCCn1cc(N)c(C(=O)OC)n1. The quantitative estimate of drug-likeness (QED) is 0.570. The minimum Gasteiger partial charge on any atom is -0.464 e. The third-order valence-corrected chi connectivity index (χ3v) is 2.28. The van der Waals surface area contributed by atoms with Gasteiger partial charge in [-0.3, -0.25) is 4.68 Å². The number of carbonyl (C=O) groups excluding carboxylic acids is 1. The zero-order valence-corrected chi connectivity index (χ0v) is 10.3. The van der Waals surface area contributed by atoms with Crippen LogP contribution in [0.1, 0.15) is 30.3 Å². The summed E-state index contributed by atoms with van der Waals surface area (Å²) in [6.07, 6.45) is 3.77. The first-order valence-corrected chi connectivity index (χ1v) is 5.68. The fourth-order valence-corrected chi connectivity index (χ4v) is 1.31. The smallest absolute Gasteiger partial charge is 0.360 e. The second-order valence-electron chi connectivity index (χ2n) is 3.65. The van der Waals surface area contributed by atoms with Crippen LogP contribution >= 0.6 is 0 Å². The first-order chi connectivity index (χ1) is 8.19. The number of methoxy groups -OCH3 is 1. The first kappa shape index (κ1) is 13.5. The minimum atomic E-state index is -0.520. The summed E-state index contributed by atoms with van der Waals surface area (Å²) in [5, 5.41) is 4.04. The molecule has 0 radical (unpaired) electrons. The van der Waals surface area contributed by atoms with E-state index in [4.69, 9.17) is 10.5 Å². The molecule has 0 aliphatic carbocycles. The van der Waals surface area contributed by atoms with Crippen molar-refractivity contribution in [2.75, 3.05) is 26.1 Å². The lowest BCUT2D eigenvalue weighted by Crippen LogP contribution is -2.09. The van der Waals surface area contributed by atoms with E-state index in [2.05, 4.69) is 16.8 Å². The second kappa shape index (κ2) is 6.90. The van der Waals surface area contributed by atoms with Gasteiger partial charge in [-0.1, -0.05) is 13.3 Å².